The van der Waals surface area contributed by atoms with Crippen molar-refractivity contribution >= 4 is 6.21 Å². The second-order valence-electron chi connectivity index (χ2n) is 5.35. The van der Waals surface area contributed by atoms with Gasteiger partial charge in [0.1, 0.15) is 0 Å². The van der Waals surface area contributed by atoms with Crippen LogP contribution in [0.3, 0.4) is 0 Å². The summed E-state index contributed by atoms with van der Waals surface area (Å²) in [5, 5.41) is 0. The van der Waals surface area contributed by atoms with Crippen LogP contribution in [0.5, 0.6) is 0 Å². The molecule has 1 aliphatic heterocycles. The molecule has 1 saturated carbocycles. The lowest BCUT2D eigenvalue weighted by molar-refractivity contribution is -0.0309. The van der Waals surface area contributed by atoms with Gasteiger partial charge in [-0.05, 0) is 31.2 Å². The summed E-state index contributed by atoms with van der Waals surface area (Å²) in [5.41, 5.74) is 6.53. The minimum atomic E-state index is 0.424. The molecule has 0 aromatic heterocycles. The summed E-state index contributed by atoms with van der Waals surface area (Å²) in [4.78, 5) is 6.54. The summed E-state index contributed by atoms with van der Waals surface area (Å²) < 4.78 is 6.10. The Labute approximate surface area is 110 Å². The molecule has 2 bridgehead atoms. The van der Waals surface area contributed by atoms with Gasteiger partial charge in [-0.3, -0.25) is 4.99 Å². The van der Waals surface area contributed by atoms with E-state index < -0.39 is 0 Å². The van der Waals surface area contributed by atoms with Crippen LogP contribution in [0.2, 0.25) is 0 Å². The number of fused-ring (bicyclic) bond motifs is 2. The number of ether oxygens (including phenoxy) is 1. The van der Waals surface area contributed by atoms with Gasteiger partial charge in [0, 0.05) is 38.1 Å². The van der Waals surface area contributed by atoms with E-state index in [9.17, 15) is 0 Å². The monoisotopic (exact) mass is 251 g/mol. The molecular weight excluding hydrogens is 226 g/mol. The number of hydrogen-bond acceptors (Lipinski definition) is 4. The second-order valence-corrected chi connectivity index (χ2v) is 5.35. The van der Waals surface area contributed by atoms with E-state index in [-0.39, 0.29) is 0 Å². The van der Waals surface area contributed by atoms with Crippen molar-refractivity contribution in [2.24, 2.45) is 22.6 Å². The third-order valence-corrected chi connectivity index (χ3v) is 4.22. The van der Waals surface area contributed by atoms with E-state index in [1.807, 2.05) is 0 Å². The minimum Gasteiger partial charge on any atom is -0.404 e. The molecule has 2 aliphatic rings. The summed E-state index contributed by atoms with van der Waals surface area (Å²) in [6.07, 6.45) is 6.43. The lowest BCUT2D eigenvalue weighted by Crippen LogP contribution is -2.45. The van der Waals surface area contributed by atoms with Crippen LogP contribution in [-0.4, -0.2) is 50.5 Å². The summed E-state index contributed by atoms with van der Waals surface area (Å²) >= 11 is 0. The highest BCUT2D eigenvalue weighted by atomic mass is 16.5. The van der Waals surface area contributed by atoms with Crippen LogP contribution < -0.4 is 5.73 Å². The molecule has 2 fully saturated rings. The molecule has 0 spiro atoms. The average Bonchev–Trinajstić information content (AvgIpc) is 2.63. The van der Waals surface area contributed by atoms with Crippen molar-refractivity contribution in [2.75, 3.05) is 33.3 Å². The van der Waals surface area contributed by atoms with Gasteiger partial charge < -0.3 is 15.4 Å². The minimum absolute atomic E-state index is 0.424. The van der Waals surface area contributed by atoms with E-state index in [0.717, 1.165) is 12.1 Å². The van der Waals surface area contributed by atoms with Gasteiger partial charge in [0.2, 0.25) is 0 Å². The highest BCUT2D eigenvalue weighted by Crippen LogP contribution is 2.38. The summed E-state index contributed by atoms with van der Waals surface area (Å²) in [5.74, 6) is 1.42. The standard InChI is InChI=1S/C14H25N3O/c1-3-17-8-12-4-5-13(9-17)14(12)18-10-11(6-15)7-16-2/h6-7,12-14H,3-5,8-10,15H2,1-2H3/t12-,13+,14?. The van der Waals surface area contributed by atoms with Gasteiger partial charge in [0.25, 0.3) is 0 Å². The molecule has 102 valence electrons. The Balaban J connectivity index is 1.88. The first kappa shape index (κ1) is 13.6. The molecule has 1 aliphatic carbocycles. The average molecular weight is 251 g/mol. The SMILES string of the molecule is CCN1C[C@H]2CC[C@@H](C1)C2OCC(C=NC)=CN. The molecule has 4 nitrogen and oxygen atoms in total. The van der Waals surface area contributed by atoms with Crippen molar-refractivity contribution in [3.05, 3.63) is 11.8 Å². The molecule has 18 heavy (non-hydrogen) atoms. The molecule has 0 radical (unpaired) electrons. The fraction of sp³-hybridized carbons (Fsp3) is 0.786. The van der Waals surface area contributed by atoms with Crippen molar-refractivity contribution in [2.45, 2.75) is 25.9 Å². The first-order valence-electron chi connectivity index (χ1n) is 6.95. The first-order chi connectivity index (χ1) is 8.78. The number of nitrogens with two attached hydrogens (primary N) is 1. The van der Waals surface area contributed by atoms with E-state index in [0.29, 0.717) is 24.5 Å². The quantitative estimate of drug-likeness (QED) is 0.749. The molecule has 0 aromatic rings. The molecule has 4 heteroatoms. The van der Waals surface area contributed by atoms with Crippen molar-refractivity contribution in [3.8, 4) is 0 Å². The van der Waals surface area contributed by atoms with E-state index in [1.54, 1.807) is 19.5 Å². The van der Waals surface area contributed by atoms with Crippen molar-refractivity contribution in [1.29, 1.82) is 0 Å². The van der Waals surface area contributed by atoms with Crippen LogP contribution >= 0.6 is 0 Å². The fourth-order valence-corrected chi connectivity index (χ4v) is 3.29. The third kappa shape index (κ3) is 2.93. The molecular formula is C14H25N3O. The highest BCUT2D eigenvalue weighted by molar-refractivity contribution is 5.78. The molecule has 1 saturated heterocycles. The maximum absolute atomic E-state index is 6.10. The van der Waals surface area contributed by atoms with E-state index in [1.165, 1.54) is 25.9 Å². The third-order valence-electron chi connectivity index (χ3n) is 4.22. The van der Waals surface area contributed by atoms with Gasteiger partial charge >= 0.3 is 0 Å². The van der Waals surface area contributed by atoms with Crippen molar-refractivity contribution < 1.29 is 4.74 Å². The zero-order valence-electron chi connectivity index (χ0n) is 11.5. The topological polar surface area (TPSA) is 50.8 Å². The predicted octanol–water partition coefficient (Wildman–Crippen LogP) is 1.28. The number of rotatable bonds is 5. The lowest BCUT2D eigenvalue weighted by Gasteiger charge is -2.37. The zero-order chi connectivity index (χ0) is 13.0. The van der Waals surface area contributed by atoms with E-state index in [4.69, 9.17) is 10.5 Å². The Morgan fingerprint density at radius 1 is 1.39 bits per heavy atom. The Morgan fingerprint density at radius 2 is 2.06 bits per heavy atom. The number of aliphatic imine (C=N–C) groups is 1. The van der Waals surface area contributed by atoms with Crippen LogP contribution in [-0.2, 0) is 4.74 Å². The van der Waals surface area contributed by atoms with Gasteiger partial charge in [-0.15, -0.1) is 0 Å². The Hall–Kier alpha value is -0.870. The Kier molecular flexibility index (Phi) is 4.78. The maximum atomic E-state index is 6.10. The molecule has 0 aromatic carbocycles. The summed E-state index contributed by atoms with van der Waals surface area (Å²) in [7, 11) is 1.76. The van der Waals surface area contributed by atoms with Gasteiger partial charge in [0.15, 0.2) is 0 Å². The summed E-state index contributed by atoms with van der Waals surface area (Å²) in [6.45, 7) is 6.39. The van der Waals surface area contributed by atoms with Crippen molar-refractivity contribution in [3.63, 3.8) is 0 Å². The van der Waals surface area contributed by atoms with E-state index >= 15 is 0 Å². The highest BCUT2D eigenvalue weighted by Gasteiger charge is 2.42. The normalized spacial score (nSPS) is 33.4. The Bertz CT molecular complexity index is 313. The number of hydrogen-bond donors (Lipinski definition) is 1. The van der Waals surface area contributed by atoms with Crippen LogP contribution in [0.15, 0.2) is 16.8 Å². The number of nitrogens with zero attached hydrogens (tertiary/aromatic N) is 2. The fourth-order valence-electron chi connectivity index (χ4n) is 3.29. The van der Waals surface area contributed by atoms with Crippen molar-refractivity contribution in [1.82, 2.24) is 4.90 Å². The van der Waals surface area contributed by atoms with Gasteiger partial charge in [-0.25, -0.2) is 0 Å². The molecule has 2 rings (SSSR count). The first-order valence-corrected chi connectivity index (χ1v) is 6.95. The van der Waals surface area contributed by atoms with Crippen LogP contribution in [0.25, 0.3) is 0 Å². The van der Waals surface area contributed by atoms with Crippen LogP contribution in [0.4, 0.5) is 0 Å². The molecule has 2 N–H and O–H groups in total. The molecule has 1 heterocycles. The van der Waals surface area contributed by atoms with Crippen LogP contribution in [0.1, 0.15) is 19.8 Å². The zero-order valence-corrected chi connectivity index (χ0v) is 11.5. The van der Waals surface area contributed by atoms with Gasteiger partial charge in [0.05, 0.1) is 12.7 Å². The molecule has 3 atom stereocenters. The maximum Gasteiger partial charge on any atom is 0.0749 e. The largest absolute Gasteiger partial charge is 0.404 e. The van der Waals surface area contributed by atoms with Crippen LogP contribution in [0, 0.1) is 11.8 Å². The smallest absolute Gasteiger partial charge is 0.0749 e. The Morgan fingerprint density at radius 3 is 2.56 bits per heavy atom. The van der Waals surface area contributed by atoms with Gasteiger partial charge in [-0.2, -0.15) is 0 Å². The molecule has 0 amide bonds. The van der Waals surface area contributed by atoms with Gasteiger partial charge in [-0.1, -0.05) is 6.92 Å². The predicted molar refractivity (Wildman–Crippen MR) is 74.8 cm³/mol. The number of likely N-dealkylation sites (tertiary alicyclic amines) is 1. The number of piperidine rings is 1. The van der Waals surface area contributed by atoms with E-state index in [2.05, 4.69) is 16.8 Å². The lowest BCUT2D eigenvalue weighted by atomic mass is 9.95. The summed E-state index contributed by atoms with van der Waals surface area (Å²) in [6, 6.07) is 0. The second kappa shape index (κ2) is 6.34. The molecule has 1 unspecified atom stereocenters.